The quantitative estimate of drug-likeness (QED) is 0.802. The van der Waals surface area contributed by atoms with Crippen molar-refractivity contribution >= 4 is 5.97 Å². The van der Waals surface area contributed by atoms with Crippen molar-refractivity contribution in [1.29, 1.82) is 0 Å². The van der Waals surface area contributed by atoms with Gasteiger partial charge in [0, 0.05) is 6.54 Å². The predicted octanol–water partition coefficient (Wildman–Crippen LogP) is 2.34. The molecule has 1 aromatic rings. The minimum absolute atomic E-state index is 0.564. The second-order valence-corrected chi connectivity index (χ2v) is 4.33. The fraction of sp³-hybridized carbons (Fsp3) is 0.462. The molecule has 1 atom stereocenters. The third-order valence-electron chi connectivity index (χ3n) is 2.98. The number of rotatable bonds is 5. The van der Waals surface area contributed by atoms with Crippen LogP contribution in [-0.2, 0) is 11.3 Å². The van der Waals surface area contributed by atoms with E-state index in [4.69, 9.17) is 5.11 Å². The molecule has 0 amide bonds. The third-order valence-corrected chi connectivity index (χ3v) is 2.98. The molecule has 0 bridgehead atoms. The zero-order valence-electron chi connectivity index (χ0n) is 10.1. The van der Waals surface area contributed by atoms with Crippen molar-refractivity contribution < 1.29 is 9.90 Å². The van der Waals surface area contributed by atoms with Crippen molar-refractivity contribution in [2.45, 2.75) is 39.3 Å². The van der Waals surface area contributed by atoms with Crippen LogP contribution < -0.4 is 5.32 Å². The molecule has 3 nitrogen and oxygen atoms in total. The molecule has 0 aliphatic heterocycles. The number of aliphatic carboxylic acids is 1. The summed E-state index contributed by atoms with van der Waals surface area (Å²) in [7, 11) is 0. The minimum atomic E-state index is -0.842. The van der Waals surface area contributed by atoms with Crippen LogP contribution in [0.1, 0.15) is 31.4 Å². The second-order valence-electron chi connectivity index (χ2n) is 4.33. The number of carboxylic acids is 1. The van der Waals surface area contributed by atoms with E-state index in [0.29, 0.717) is 13.0 Å². The van der Waals surface area contributed by atoms with E-state index in [2.05, 4.69) is 5.32 Å². The summed E-state index contributed by atoms with van der Waals surface area (Å²) in [5, 5.41) is 12.2. The van der Waals surface area contributed by atoms with Gasteiger partial charge in [0.15, 0.2) is 0 Å². The summed E-state index contributed by atoms with van der Waals surface area (Å²) in [6.07, 6.45) is 0.564. The Hall–Kier alpha value is -1.35. The number of aryl methyl sites for hydroxylation is 1. The van der Waals surface area contributed by atoms with Gasteiger partial charge in [-0.05, 0) is 25.8 Å². The highest BCUT2D eigenvalue weighted by Gasteiger charge is 2.29. The van der Waals surface area contributed by atoms with Gasteiger partial charge < -0.3 is 5.11 Å². The first-order valence-electron chi connectivity index (χ1n) is 5.52. The lowest BCUT2D eigenvalue weighted by molar-refractivity contribution is -0.144. The third kappa shape index (κ3) is 3.07. The average molecular weight is 221 g/mol. The van der Waals surface area contributed by atoms with E-state index >= 15 is 0 Å². The Labute approximate surface area is 96.5 Å². The van der Waals surface area contributed by atoms with Crippen LogP contribution in [0.25, 0.3) is 0 Å². The van der Waals surface area contributed by atoms with E-state index in [1.54, 1.807) is 6.92 Å². The average Bonchev–Trinajstić information content (AvgIpc) is 2.27. The molecule has 0 saturated carbocycles. The first-order valence-corrected chi connectivity index (χ1v) is 5.52. The molecule has 0 aliphatic rings. The van der Waals surface area contributed by atoms with E-state index in [-0.39, 0.29) is 0 Å². The van der Waals surface area contributed by atoms with Gasteiger partial charge in [0.2, 0.25) is 0 Å². The molecule has 88 valence electrons. The summed E-state index contributed by atoms with van der Waals surface area (Å²) < 4.78 is 0. The van der Waals surface area contributed by atoms with Crippen LogP contribution in [0.4, 0.5) is 0 Å². The van der Waals surface area contributed by atoms with Crippen LogP contribution in [0.5, 0.6) is 0 Å². The normalized spacial score (nSPS) is 14.4. The van der Waals surface area contributed by atoms with Crippen LogP contribution in [0, 0.1) is 6.92 Å². The molecule has 1 unspecified atom stereocenters. The van der Waals surface area contributed by atoms with Gasteiger partial charge >= 0.3 is 5.97 Å². The Morgan fingerprint density at radius 1 is 1.38 bits per heavy atom. The number of carboxylic acid groups (broad SMARTS) is 1. The van der Waals surface area contributed by atoms with Gasteiger partial charge in [-0.3, -0.25) is 10.1 Å². The minimum Gasteiger partial charge on any atom is -0.480 e. The highest BCUT2D eigenvalue weighted by molar-refractivity contribution is 5.78. The zero-order valence-corrected chi connectivity index (χ0v) is 10.1. The Balaban J connectivity index is 2.63. The fourth-order valence-electron chi connectivity index (χ4n) is 1.35. The topological polar surface area (TPSA) is 49.3 Å². The molecule has 0 spiro atoms. The molecule has 0 aromatic heterocycles. The first kappa shape index (κ1) is 12.7. The molecular formula is C13H19NO2. The van der Waals surface area contributed by atoms with Gasteiger partial charge in [-0.15, -0.1) is 0 Å². The highest BCUT2D eigenvalue weighted by atomic mass is 16.4. The van der Waals surface area contributed by atoms with Crippen molar-refractivity contribution in [2.75, 3.05) is 0 Å². The lowest BCUT2D eigenvalue weighted by Crippen LogP contribution is -2.48. The standard InChI is InChI=1S/C13H19NO2/c1-4-13(3,12(15)16)14-9-11-7-5-10(2)6-8-11/h5-8,14H,4,9H2,1-3H3,(H,15,16). The molecule has 0 fully saturated rings. The number of nitrogens with one attached hydrogen (secondary N) is 1. The summed E-state index contributed by atoms with van der Waals surface area (Å²) in [6, 6.07) is 8.09. The predicted molar refractivity (Wildman–Crippen MR) is 64.4 cm³/mol. The van der Waals surface area contributed by atoms with E-state index < -0.39 is 11.5 Å². The zero-order chi connectivity index (χ0) is 12.2. The Morgan fingerprint density at radius 2 is 1.94 bits per heavy atom. The Morgan fingerprint density at radius 3 is 2.38 bits per heavy atom. The van der Waals surface area contributed by atoms with Crippen LogP contribution in [-0.4, -0.2) is 16.6 Å². The second kappa shape index (κ2) is 5.12. The lowest BCUT2D eigenvalue weighted by atomic mass is 9.99. The highest BCUT2D eigenvalue weighted by Crippen LogP contribution is 2.11. The number of hydrogen-bond donors (Lipinski definition) is 2. The smallest absolute Gasteiger partial charge is 0.323 e. The van der Waals surface area contributed by atoms with Gasteiger partial charge in [-0.1, -0.05) is 36.8 Å². The van der Waals surface area contributed by atoms with E-state index in [1.165, 1.54) is 5.56 Å². The van der Waals surface area contributed by atoms with Crippen molar-refractivity contribution in [3.63, 3.8) is 0 Å². The molecule has 0 radical (unpaired) electrons. The molecule has 1 rings (SSSR count). The first-order chi connectivity index (χ1) is 7.48. The maximum atomic E-state index is 11.1. The van der Waals surface area contributed by atoms with Crippen molar-refractivity contribution in [3.8, 4) is 0 Å². The fourth-order valence-corrected chi connectivity index (χ4v) is 1.35. The molecule has 3 heteroatoms. The van der Waals surface area contributed by atoms with Crippen LogP contribution in [0.3, 0.4) is 0 Å². The SMILES string of the molecule is CCC(C)(NCc1ccc(C)cc1)C(=O)O. The molecule has 0 heterocycles. The Kier molecular flexibility index (Phi) is 4.07. The lowest BCUT2D eigenvalue weighted by Gasteiger charge is -2.24. The van der Waals surface area contributed by atoms with Gasteiger partial charge in [-0.25, -0.2) is 0 Å². The van der Waals surface area contributed by atoms with Gasteiger partial charge in [0.1, 0.15) is 5.54 Å². The molecular weight excluding hydrogens is 202 g/mol. The van der Waals surface area contributed by atoms with Crippen LogP contribution in [0.2, 0.25) is 0 Å². The van der Waals surface area contributed by atoms with Crippen LogP contribution in [0.15, 0.2) is 24.3 Å². The largest absolute Gasteiger partial charge is 0.480 e. The monoisotopic (exact) mass is 221 g/mol. The summed E-state index contributed by atoms with van der Waals surface area (Å²) in [5.41, 5.74) is 1.47. The van der Waals surface area contributed by atoms with Gasteiger partial charge in [-0.2, -0.15) is 0 Å². The summed E-state index contributed by atoms with van der Waals surface area (Å²) in [5.74, 6) is -0.804. The maximum Gasteiger partial charge on any atom is 0.323 e. The molecule has 16 heavy (non-hydrogen) atoms. The Bertz CT molecular complexity index is 359. The molecule has 2 N–H and O–H groups in total. The number of hydrogen-bond acceptors (Lipinski definition) is 2. The summed E-state index contributed by atoms with van der Waals surface area (Å²) in [6.45, 7) is 6.20. The number of carbonyl (C=O) groups is 1. The summed E-state index contributed by atoms with van der Waals surface area (Å²) in [4.78, 5) is 11.1. The van der Waals surface area contributed by atoms with Gasteiger partial charge in [0.05, 0.1) is 0 Å². The van der Waals surface area contributed by atoms with Crippen LogP contribution >= 0.6 is 0 Å². The van der Waals surface area contributed by atoms with E-state index in [9.17, 15) is 4.79 Å². The number of benzene rings is 1. The maximum absolute atomic E-state index is 11.1. The molecule has 0 aliphatic carbocycles. The molecule has 0 saturated heterocycles. The van der Waals surface area contributed by atoms with Crippen molar-refractivity contribution in [2.24, 2.45) is 0 Å². The molecule has 1 aromatic carbocycles. The van der Waals surface area contributed by atoms with Crippen molar-refractivity contribution in [3.05, 3.63) is 35.4 Å². The van der Waals surface area contributed by atoms with E-state index in [0.717, 1.165) is 5.56 Å². The van der Waals surface area contributed by atoms with Crippen molar-refractivity contribution in [1.82, 2.24) is 5.32 Å². The summed E-state index contributed by atoms with van der Waals surface area (Å²) >= 11 is 0. The van der Waals surface area contributed by atoms with E-state index in [1.807, 2.05) is 38.1 Å². The van der Waals surface area contributed by atoms with Gasteiger partial charge in [0.25, 0.3) is 0 Å².